The Balaban J connectivity index is 0.000000671. The molecule has 0 atom stereocenters. The summed E-state index contributed by atoms with van der Waals surface area (Å²) in [5.41, 5.74) is 0.720. The smallest absolute Gasteiger partial charge is 0.269 e. The van der Waals surface area contributed by atoms with Crippen LogP contribution in [-0.2, 0) is 6.61 Å². The Kier molecular flexibility index (Phi) is 5.92. The van der Waals surface area contributed by atoms with Gasteiger partial charge in [0.15, 0.2) is 0 Å². The molecular weight excluding hydrogens is 190 g/mol. The molecule has 0 amide bonds. The molecule has 1 aromatic rings. The quantitative estimate of drug-likeness (QED) is 0.434. The molecule has 5 heteroatoms. The highest BCUT2D eigenvalue weighted by molar-refractivity contribution is 7.79. The third-order valence-electron chi connectivity index (χ3n) is 1.33. The second kappa shape index (κ2) is 6.45. The number of benzene rings is 1. The molecule has 13 heavy (non-hydrogen) atoms. The zero-order chi connectivity index (χ0) is 10.3. The van der Waals surface area contributed by atoms with E-state index in [2.05, 4.69) is 12.6 Å². The van der Waals surface area contributed by atoms with E-state index in [1.54, 1.807) is 6.26 Å². The first kappa shape index (κ1) is 11.9. The molecule has 0 saturated heterocycles. The third-order valence-corrected chi connectivity index (χ3v) is 1.33. The van der Waals surface area contributed by atoms with Crippen molar-refractivity contribution in [2.45, 2.75) is 6.61 Å². The maximum atomic E-state index is 10.1. The van der Waals surface area contributed by atoms with Gasteiger partial charge in [-0.05, 0) is 24.0 Å². The van der Waals surface area contributed by atoms with Gasteiger partial charge in [-0.15, -0.1) is 0 Å². The van der Waals surface area contributed by atoms with E-state index < -0.39 is 4.92 Å². The van der Waals surface area contributed by atoms with Gasteiger partial charge in [0, 0.05) is 12.1 Å². The molecule has 1 N–H and O–H groups in total. The molecule has 1 rings (SSSR count). The Morgan fingerprint density at radius 1 is 1.38 bits per heavy atom. The fraction of sp³-hybridized carbons (Fsp3) is 0.250. The van der Waals surface area contributed by atoms with Crippen LogP contribution in [0.3, 0.4) is 0 Å². The molecule has 0 unspecified atom stereocenters. The second-order valence-electron chi connectivity index (χ2n) is 2.08. The van der Waals surface area contributed by atoms with Crippen molar-refractivity contribution in [3.8, 4) is 0 Å². The van der Waals surface area contributed by atoms with Crippen molar-refractivity contribution in [2.75, 3.05) is 6.26 Å². The number of non-ortho nitro benzene ring substituents is 1. The van der Waals surface area contributed by atoms with Crippen molar-refractivity contribution < 1.29 is 10.0 Å². The lowest BCUT2D eigenvalue weighted by atomic mass is 10.2. The molecule has 0 bridgehead atoms. The van der Waals surface area contributed by atoms with Gasteiger partial charge in [0.1, 0.15) is 0 Å². The topological polar surface area (TPSA) is 63.4 Å². The first-order chi connectivity index (χ1) is 6.24. The summed E-state index contributed by atoms with van der Waals surface area (Å²) in [6.07, 6.45) is 1.69. The van der Waals surface area contributed by atoms with E-state index in [1.165, 1.54) is 24.3 Å². The largest absolute Gasteiger partial charge is 0.392 e. The maximum Gasteiger partial charge on any atom is 0.269 e. The molecule has 0 aliphatic rings. The van der Waals surface area contributed by atoms with Crippen molar-refractivity contribution in [2.24, 2.45) is 0 Å². The van der Waals surface area contributed by atoms with E-state index >= 15 is 0 Å². The zero-order valence-electron chi connectivity index (χ0n) is 7.17. The Morgan fingerprint density at radius 3 is 2.15 bits per heavy atom. The van der Waals surface area contributed by atoms with Crippen molar-refractivity contribution in [1.29, 1.82) is 0 Å². The standard InChI is InChI=1S/C7H7NO3.CH4S/c9-5-6-1-3-7(4-2-6)8(10)11;1-2/h1-4,9H,5H2;2H,1H3. The number of aliphatic hydroxyl groups is 1. The number of nitrogens with zero attached hydrogens (tertiary/aromatic N) is 1. The minimum absolute atomic E-state index is 0.0437. The number of hydrogen-bond donors (Lipinski definition) is 2. The molecular formula is C8H11NO3S. The summed E-state index contributed by atoms with van der Waals surface area (Å²) in [7, 11) is 0. The molecule has 0 spiro atoms. The van der Waals surface area contributed by atoms with E-state index in [9.17, 15) is 10.1 Å². The molecule has 1 aromatic carbocycles. The van der Waals surface area contributed by atoms with Gasteiger partial charge in [-0.25, -0.2) is 0 Å². The monoisotopic (exact) mass is 201 g/mol. The highest BCUT2D eigenvalue weighted by atomic mass is 32.1. The average molecular weight is 201 g/mol. The number of nitro benzene ring substituents is 1. The maximum absolute atomic E-state index is 10.1. The van der Waals surface area contributed by atoms with Crippen LogP contribution in [0.2, 0.25) is 0 Å². The van der Waals surface area contributed by atoms with Crippen LogP contribution in [0.4, 0.5) is 5.69 Å². The predicted octanol–water partition coefficient (Wildman–Crippen LogP) is 1.63. The van der Waals surface area contributed by atoms with Crippen LogP contribution in [0.5, 0.6) is 0 Å². The Bertz CT molecular complexity index is 261. The predicted molar refractivity (Wildman–Crippen MR) is 53.9 cm³/mol. The lowest BCUT2D eigenvalue weighted by molar-refractivity contribution is -0.384. The van der Waals surface area contributed by atoms with Crippen LogP contribution in [0.25, 0.3) is 0 Å². The van der Waals surface area contributed by atoms with Gasteiger partial charge in [0.2, 0.25) is 0 Å². The van der Waals surface area contributed by atoms with E-state index in [1.807, 2.05) is 0 Å². The van der Waals surface area contributed by atoms with Gasteiger partial charge in [-0.1, -0.05) is 0 Å². The van der Waals surface area contributed by atoms with Crippen molar-refractivity contribution in [1.82, 2.24) is 0 Å². The molecule has 0 fully saturated rings. The first-order valence-electron chi connectivity index (χ1n) is 3.53. The summed E-state index contributed by atoms with van der Waals surface area (Å²) in [6.45, 7) is -0.0853. The molecule has 0 saturated carbocycles. The number of nitro groups is 1. The molecule has 4 nitrogen and oxygen atoms in total. The number of hydrogen-bond acceptors (Lipinski definition) is 4. The summed E-state index contributed by atoms with van der Waals surface area (Å²) in [5, 5.41) is 18.7. The van der Waals surface area contributed by atoms with Crippen LogP contribution in [0, 0.1) is 10.1 Å². The highest BCUT2D eigenvalue weighted by Gasteiger charge is 2.02. The van der Waals surface area contributed by atoms with Crippen LogP contribution < -0.4 is 0 Å². The number of rotatable bonds is 2. The molecule has 72 valence electrons. The molecule has 0 heterocycles. The Hall–Kier alpha value is -1.07. The van der Waals surface area contributed by atoms with E-state index in [0.29, 0.717) is 5.56 Å². The lowest BCUT2D eigenvalue weighted by Gasteiger charge is -1.93. The van der Waals surface area contributed by atoms with Crippen LogP contribution in [0.1, 0.15) is 5.56 Å². The van der Waals surface area contributed by atoms with Gasteiger partial charge in [-0.2, -0.15) is 12.6 Å². The minimum atomic E-state index is -0.471. The number of thiol groups is 1. The van der Waals surface area contributed by atoms with Crippen LogP contribution >= 0.6 is 12.6 Å². The lowest BCUT2D eigenvalue weighted by Crippen LogP contribution is -1.88. The minimum Gasteiger partial charge on any atom is -0.392 e. The van der Waals surface area contributed by atoms with Gasteiger partial charge in [0.05, 0.1) is 11.5 Å². The summed E-state index contributed by atoms with van der Waals surface area (Å²) in [6, 6.07) is 5.79. The molecule has 0 aliphatic heterocycles. The first-order valence-corrected chi connectivity index (χ1v) is 4.42. The van der Waals surface area contributed by atoms with Crippen molar-refractivity contribution in [3.63, 3.8) is 0 Å². The van der Waals surface area contributed by atoms with Crippen molar-refractivity contribution in [3.05, 3.63) is 39.9 Å². The molecule has 0 radical (unpaired) electrons. The van der Waals surface area contributed by atoms with Crippen molar-refractivity contribution >= 4 is 18.3 Å². The van der Waals surface area contributed by atoms with E-state index in [0.717, 1.165) is 0 Å². The van der Waals surface area contributed by atoms with Crippen LogP contribution in [0.15, 0.2) is 24.3 Å². The normalized spacial score (nSPS) is 8.54. The summed E-state index contributed by atoms with van der Waals surface area (Å²) in [5.74, 6) is 0. The highest BCUT2D eigenvalue weighted by Crippen LogP contribution is 2.11. The summed E-state index contributed by atoms with van der Waals surface area (Å²) in [4.78, 5) is 9.67. The molecule has 0 aromatic heterocycles. The van der Waals surface area contributed by atoms with Gasteiger partial charge >= 0.3 is 0 Å². The van der Waals surface area contributed by atoms with E-state index in [-0.39, 0.29) is 12.3 Å². The van der Waals surface area contributed by atoms with Gasteiger partial charge < -0.3 is 5.11 Å². The van der Waals surface area contributed by atoms with Crippen LogP contribution in [-0.4, -0.2) is 16.3 Å². The van der Waals surface area contributed by atoms with Gasteiger partial charge in [0.25, 0.3) is 5.69 Å². The zero-order valence-corrected chi connectivity index (χ0v) is 8.07. The fourth-order valence-corrected chi connectivity index (χ4v) is 0.723. The Labute approximate surface area is 81.8 Å². The number of aliphatic hydroxyl groups excluding tert-OH is 1. The SMILES string of the molecule is CS.O=[N+]([O-])c1ccc(CO)cc1. The summed E-state index contributed by atoms with van der Waals surface area (Å²) >= 11 is 3.53. The fourth-order valence-electron chi connectivity index (χ4n) is 0.723. The third kappa shape index (κ3) is 3.91. The second-order valence-corrected chi connectivity index (χ2v) is 2.08. The molecule has 0 aliphatic carbocycles. The summed E-state index contributed by atoms with van der Waals surface area (Å²) < 4.78 is 0. The van der Waals surface area contributed by atoms with E-state index in [4.69, 9.17) is 5.11 Å². The van der Waals surface area contributed by atoms with Gasteiger partial charge in [-0.3, -0.25) is 10.1 Å². The Morgan fingerprint density at radius 2 is 1.85 bits per heavy atom. The average Bonchev–Trinajstić information content (AvgIpc) is 2.21.